The molecule has 1 aliphatic heterocycles. The molecular formula is C12H26N2. The van der Waals surface area contributed by atoms with Gasteiger partial charge >= 0.3 is 0 Å². The summed E-state index contributed by atoms with van der Waals surface area (Å²) in [4.78, 5) is 2.63. The molecule has 0 aromatic rings. The predicted molar refractivity (Wildman–Crippen MR) is 62.3 cm³/mol. The summed E-state index contributed by atoms with van der Waals surface area (Å²) in [6.45, 7) is 10.4. The zero-order valence-electron chi connectivity index (χ0n) is 10.2. The number of hydrogen-bond donors (Lipinski definition) is 1. The van der Waals surface area contributed by atoms with E-state index in [1.54, 1.807) is 0 Å². The Morgan fingerprint density at radius 3 is 2.50 bits per heavy atom. The van der Waals surface area contributed by atoms with Crippen molar-refractivity contribution < 1.29 is 0 Å². The van der Waals surface area contributed by atoms with Crippen molar-refractivity contribution in [2.75, 3.05) is 6.54 Å². The maximum Gasteiger partial charge on any atom is 0.00843 e. The maximum atomic E-state index is 5.85. The van der Waals surface area contributed by atoms with Gasteiger partial charge in [0, 0.05) is 18.1 Å². The van der Waals surface area contributed by atoms with E-state index in [4.69, 9.17) is 5.73 Å². The lowest BCUT2D eigenvalue weighted by Crippen LogP contribution is -2.47. The van der Waals surface area contributed by atoms with Crippen molar-refractivity contribution in [3.8, 4) is 0 Å². The van der Waals surface area contributed by atoms with Crippen LogP contribution in [0.3, 0.4) is 0 Å². The van der Waals surface area contributed by atoms with Crippen LogP contribution in [0.25, 0.3) is 0 Å². The van der Waals surface area contributed by atoms with E-state index in [-0.39, 0.29) is 0 Å². The molecular weight excluding hydrogens is 172 g/mol. The Bertz CT molecular complexity index is 168. The van der Waals surface area contributed by atoms with Crippen molar-refractivity contribution in [3.05, 3.63) is 0 Å². The zero-order chi connectivity index (χ0) is 10.7. The van der Waals surface area contributed by atoms with Crippen molar-refractivity contribution in [3.63, 3.8) is 0 Å². The van der Waals surface area contributed by atoms with Crippen LogP contribution < -0.4 is 5.73 Å². The van der Waals surface area contributed by atoms with Gasteiger partial charge in [0.2, 0.25) is 0 Å². The van der Waals surface area contributed by atoms with Crippen molar-refractivity contribution >= 4 is 0 Å². The van der Waals surface area contributed by atoms with Crippen molar-refractivity contribution in [1.82, 2.24) is 4.90 Å². The highest BCUT2D eigenvalue weighted by Gasteiger charge is 2.26. The number of nitrogens with two attached hydrogens (primary N) is 1. The Morgan fingerprint density at radius 2 is 2.00 bits per heavy atom. The Balaban J connectivity index is 2.43. The van der Waals surface area contributed by atoms with Crippen LogP contribution in [0.1, 0.15) is 47.0 Å². The molecule has 4 unspecified atom stereocenters. The van der Waals surface area contributed by atoms with Crippen LogP contribution in [0.5, 0.6) is 0 Å². The minimum Gasteiger partial charge on any atom is -0.328 e. The Labute approximate surface area is 88.8 Å². The van der Waals surface area contributed by atoms with Gasteiger partial charge in [0.05, 0.1) is 0 Å². The van der Waals surface area contributed by atoms with E-state index < -0.39 is 0 Å². The minimum absolute atomic E-state index is 0.330. The summed E-state index contributed by atoms with van der Waals surface area (Å²) in [7, 11) is 0. The van der Waals surface area contributed by atoms with Crippen molar-refractivity contribution in [2.45, 2.75) is 65.1 Å². The monoisotopic (exact) mass is 198 g/mol. The van der Waals surface area contributed by atoms with Crippen LogP contribution in [0.2, 0.25) is 0 Å². The molecule has 0 spiro atoms. The number of nitrogens with zero attached hydrogens (tertiary/aromatic N) is 1. The van der Waals surface area contributed by atoms with Crippen molar-refractivity contribution in [2.24, 2.45) is 11.7 Å². The Hall–Kier alpha value is -0.0800. The van der Waals surface area contributed by atoms with Gasteiger partial charge in [0.1, 0.15) is 0 Å². The topological polar surface area (TPSA) is 29.3 Å². The highest BCUT2D eigenvalue weighted by molar-refractivity contribution is 4.81. The summed E-state index contributed by atoms with van der Waals surface area (Å²) in [5, 5.41) is 0. The second kappa shape index (κ2) is 5.13. The summed E-state index contributed by atoms with van der Waals surface area (Å²) in [6, 6.07) is 1.72. The lowest BCUT2D eigenvalue weighted by Gasteiger charge is -2.41. The first kappa shape index (κ1) is 12.0. The van der Waals surface area contributed by atoms with Crippen LogP contribution in [-0.2, 0) is 0 Å². The molecule has 0 aliphatic carbocycles. The molecule has 0 aromatic carbocycles. The number of rotatable bonds is 3. The number of likely N-dealkylation sites (tertiary alicyclic amines) is 1. The molecule has 0 amide bonds. The first-order valence-corrected chi connectivity index (χ1v) is 6.02. The van der Waals surface area contributed by atoms with Gasteiger partial charge in [-0.1, -0.05) is 6.92 Å². The van der Waals surface area contributed by atoms with Crippen LogP contribution in [-0.4, -0.2) is 29.6 Å². The van der Waals surface area contributed by atoms with E-state index in [2.05, 4.69) is 32.6 Å². The molecule has 1 aliphatic rings. The van der Waals surface area contributed by atoms with E-state index in [0.717, 1.165) is 18.4 Å². The minimum atomic E-state index is 0.330. The highest BCUT2D eigenvalue weighted by Crippen LogP contribution is 2.24. The quantitative estimate of drug-likeness (QED) is 0.753. The van der Waals surface area contributed by atoms with Gasteiger partial charge in [0.15, 0.2) is 0 Å². The van der Waals surface area contributed by atoms with Gasteiger partial charge in [-0.2, -0.15) is 0 Å². The standard InChI is InChI=1S/C12H26N2/c1-9-5-6-14(11(3)7-9)12(4)8-10(2)13/h9-12H,5-8,13H2,1-4H3. The van der Waals surface area contributed by atoms with Gasteiger partial charge in [-0.05, 0) is 52.5 Å². The normalized spacial score (nSPS) is 34.1. The molecule has 4 atom stereocenters. The van der Waals surface area contributed by atoms with E-state index in [9.17, 15) is 0 Å². The first-order chi connectivity index (χ1) is 6.50. The van der Waals surface area contributed by atoms with E-state index in [1.165, 1.54) is 19.4 Å². The fraction of sp³-hybridized carbons (Fsp3) is 1.00. The molecule has 84 valence electrons. The summed E-state index contributed by atoms with van der Waals surface area (Å²) < 4.78 is 0. The lowest BCUT2D eigenvalue weighted by atomic mass is 9.91. The van der Waals surface area contributed by atoms with Crippen LogP contribution in [0, 0.1) is 5.92 Å². The molecule has 1 rings (SSSR count). The molecule has 1 heterocycles. The first-order valence-electron chi connectivity index (χ1n) is 6.02. The average molecular weight is 198 g/mol. The fourth-order valence-corrected chi connectivity index (χ4v) is 2.75. The lowest BCUT2D eigenvalue weighted by molar-refractivity contribution is 0.0829. The van der Waals surface area contributed by atoms with E-state index in [0.29, 0.717) is 12.1 Å². The Kier molecular flexibility index (Phi) is 4.39. The van der Waals surface area contributed by atoms with Gasteiger partial charge < -0.3 is 5.73 Å². The SMILES string of the molecule is CC(N)CC(C)N1CCC(C)CC1C. The van der Waals surface area contributed by atoms with Crippen LogP contribution >= 0.6 is 0 Å². The second-order valence-electron chi connectivity index (χ2n) is 5.28. The maximum absolute atomic E-state index is 5.85. The Morgan fingerprint density at radius 1 is 1.36 bits per heavy atom. The molecule has 14 heavy (non-hydrogen) atoms. The van der Waals surface area contributed by atoms with E-state index >= 15 is 0 Å². The average Bonchev–Trinajstić information content (AvgIpc) is 2.01. The number of hydrogen-bond acceptors (Lipinski definition) is 2. The van der Waals surface area contributed by atoms with Crippen LogP contribution in [0.15, 0.2) is 0 Å². The van der Waals surface area contributed by atoms with Crippen LogP contribution in [0.4, 0.5) is 0 Å². The third-order valence-electron chi connectivity index (χ3n) is 3.47. The van der Waals surface area contributed by atoms with Gasteiger partial charge in [-0.15, -0.1) is 0 Å². The zero-order valence-corrected chi connectivity index (χ0v) is 10.2. The second-order valence-corrected chi connectivity index (χ2v) is 5.28. The largest absolute Gasteiger partial charge is 0.328 e. The van der Waals surface area contributed by atoms with Gasteiger partial charge in [-0.25, -0.2) is 0 Å². The molecule has 1 fully saturated rings. The predicted octanol–water partition coefficient (Wildman–Crippen LogP) is 2.23. The number of piperidine rings is 1. The summed E-state index contributed by atoms with van der Waals surface area (Å²) in [5.74, 6) is 0.906. The summed E-state index contributed by atoms with van der Waals surface area (Å²) in [6.07, 6.45) is 3.83. The summed E-state index contributed by atoms with van der Waals surface area (Å²) >= 11 is 0. The molecule has 2 N–H and O–H groups in total. The third-order valence-corrected chi connectivity index (χ3v) is 3.47. The molecule has 0 radical (unpaired) electrons. The molecule has 2 nitrogen and oxygen atoms in total. The van der Waals surface area contributed by atoms with Gasteiger partial charge in [0.25, 0.3) is 0 Å². The molecule has 0 aromatic heterocycles. The highest BCUT2D eigenvalue weighted by atomic mass is 15.2. The summed E-state index contributed by atoms with van der Waals surface area (Å²) in [5.41, 5.74) is 5.85. The van der Waals surface area contributed by atoms with Gasteiger partial charge in [-0.3, -0.25) is 4.90 Å². The molecule has 0 bridgehead atoms. The van der Waals surface area contributed by atoms with E-state index in [1.807, 2.05) is 0 Å². The van der Waals surface area contributed by atoms with Crippen molar-refractivity contribution in [1.29, 1.82) is 0 Å². The third kappa shape index (κ3) is 3.25. The smallest absolute Gasteiger partial charge is 0.00843 e. The molecule has 2 heteroatoms. The molecule has 0 saturated carbocycles. The fourth-order valence-electron chi connectivity index (χ4n) is 2.75. The molecule has 1 saturated heterocycles.